The van der Waals surface area contributed by atoms with E-state index in [0.717, 1.165) is 5.56 Å². The number of nitrogens with one attached hydrogen (secondary N) is 1. The number of methoxy groups -OCH3 is 1. The number of hydrogen-bond acceptors (Lipinski definition) is 6. The summed E-state index contributed by atoms with van der Waals surface area (Å²) in [6.07, 6.45) is 1.60. The molecule has 1 aromatic carbocycles. The first-order valence-corrected chi connectivity index (χ1v) is 10.9. The largest absolute Gasteiger partial charge is 0.481 e. The predicted molar refractivity (Wildman–Crippen MR) is 109 cm³/mol. The zero-order chi connectivity index (χ0) is 21.7. The fourth-order valence-electron chi connectivity index (χ4n) is 3.19. The van der Waals surface area contributed by atoms with Crippen LogP contribution in [0.1, 0.15) is 22.8 Å². The average Bonchev–Trinajstić information content (AvgIpc) is 2.77. The van der Waals surface area contributed by atoms with Crippen molar-refractivity contribution in [3.05, 3.63) is 53.7 Å². The third kappa shape index (κ3) is 4.77. The monoisotopic (exact) mass is 432 g/mol. The first kappa shape index (κ1) is 21.7. The Bertz CT molecular complexity index is 1020. The van der Waals surface area contributed by atoms with Gasteiger partial charge in [-0.3, -0.25) is 9.59 Å². The molecule has 160 valence electrons. The number of carbonyl (C=O) groups is 2. The van der Waals surface area contributed by atoms with Crippen molar-refractivity contribution in [3.8, 4) is 5.88 Å². The van der Waals surface area contributed by atoms with Gasteiger partial charge in [-0.05, 0) is 30.3 Å². The van der Waals surface area contributed by atoms with Gasteiger partial charge in [0.2, 0.25) is 21.8 Å². The Morgan fingerprint density at radius 3 is 2.37 bits per heavy atom. The van der Waals surface area contributed by atoms with E-state index < -0.39 is 10.0 Å². The van der Waals surface area contributed by atoms with E-state index >= 15 is 0 Å². The molecule has 0 saturated carbocycles. The average molecular weight is 433 g/mol. The highest BCUT2D eigenvalue weighted by Gasteiger charge is 2.29. The molecule has 1 aliphatic rings. The second-order valence-corrected chi connectivity index (χ2v) is 8.73. The molecule has 0 bridgehead atoms. The van der Waals surface area contributed by atoms with Crippen molar-refractivity contribution in [2.75, 3.05) is 33.3 Å². The number of nitrogens with zero attached hydrogens (tertiary/aromatic N) is 3. The number of carbonyl (C=O) groups excluding carboxylic acids is 2. The molecular weight excluding hydrogens is 408 g/mol. The molecule has 9 nitrogen and oxygen atoms in total. The summed E-state index contributed by atoms with van der Waals surface area (Å²) in [5.41, 5.74) is 1.08. The molecule has 3 rings (SSSR count). The molecule has 1 saturated heterocycles. The molecule has 2 amide bonds. The van der Waals surface area contributed by atoms with Gasteiger partial charge in [0.05, 0.1) is 12.0 Å². The van der Waals surface area contributed by atoms with Crippen molar-refractivity contribution in [2.45, 2.75) is 18.4 Å². The number of sulfonamides is 1. The number of hydrogen-bond donors (Lipinski definition) is 1. The Morgan fingerprint density at radius 1 is 1.10 bits per heavy atom. The minimum Gasteiger partial charge on any atom is -0.481 e. The molecular formula is C20H24N4O5S. The lowest BCUT2D eigenvalue weighted by Gasteiger charge is -2.33. The molecule has 0 atom stereocenters. The minimum absolute atomic E-state index is 0.0636. The molecule has 30 heavy (non-hydrogen) atoms. The number of benzene rings is 1. The fourth-order valence-corrected chi connectivity index (χ4v) is 4.61. The Hall–Kier alpha value is -2.98. The molecule has 10 heteroatoms. The van der Waals surface area contributed by atoms with Crippen LogP contribution in [0.3, 0.4) is 0 Å². The number of pyridine rings is 1. The van der Waals surface area contributed by atoms with E-state index in [1.807, 2.05) is 0 Å². The quantitative estimate of drug-likeness (QED) is 0.726. The number of aromatic nitrogens is 1. The van der Waals surface area contributed by atoms with Crippen LogP contribution in [0.15, 0.2) is 47.5 Å². The van der Waals surface area contributed by atoms with Gasteiger partial charge in [0.25, 0.3) is 5.91 Å². The van der Waals surface area contributed by atoms with E-state index in [4.69, 9.17) is 4.74 Å². The van der Waals surface area contributed by atoms with Crippen molar-refractivity contribution in [1.82, 2.24) is 19.5 Å². The highest BCUT2D eigenvalue weighted by atomic mass is 32.2. The van der Waals surface area contributed by atoms with Crippen molar-refractivity contribution in [1.29, 1.82) is 0 Å². The van der Waals surface area contributed by atoms with Crippen LogP contribution in [0, 0.1) is 0 Å². The summed E-state index contributed by atoms with van der Waals surface area (Å²) < 4.78 is 32.2. The molecule has 1 fully saturated rings. The van der Waals surface area contributed by atoms with Crippen molar-refractivity contribution in [3.63, 3.8) is 0 Å². The van der Waals surface area contributed by atoms with E-state index in [0.29, 0.717) is 24.5 Å². The van der Waals surface area contributed by atoms with E-state index in [-0.39, 0.29) is 36.3 Å². The van der Waals surface area contributed by atoms with E-state index in [9.17, 15) is 18.0 Å². The second kappa shape index (κ2) is 9.23. The van der Waals surface area contributed by atoms with Gasteiger partial charge in [-0.15, -0.1) is 0 Å². The molecule has 0 aliphatic carbocycles. The maximum Gasteiger partial charge on any atom is 0.251 e. The first-order chi connectivity index (χ1) is 14.3. The number of piperazine rings is 1. The molecule has 1 N–H and O–H groups in total. The third-order valence-corrected chi connectivity index (χ3v) is 6.83. The summed E-state index contributed by atoms with van der Waals surface area (Å²) in [5, 5.41) is 2.77. The van der Waals surface area contributed by atoms with Crippen LogP contribution in [0.4, 0.5) is 0 Å². The number of ether oxygens (including phenoxy) is 1. The maximum absolute atomic E-state index is 12.8. The lowest BCUT2D eigenvalue weighted by molar-refractivity contribution is -0.129. The Balaban J connectivity index is 1.64. The standard InChI is InChI=1S/C20H24N4O5S/c1-15(25)23-10-12-24(13-11-23)30(27,28)18-7-5-16(6-8-18)19(26)22-14-17-4-3-9-21-20(17)29-2/h3-9H,10-14H2,1-2H3,(H,22,26). The summed E-state index contributed by atoms with van der Waals surface area (Å²) in [6, 6.07) is 9.36. The van der Waals surface area contributed by atoms with Crippen molar-refractivity contribution < 1.29 is 22.7 Å². The van der Waals surface area contributed by atoms with Crippen LogP contribution >= 0.6 is 0 Å². The van der Waals surface area contributed by atoms with Gasteiger partial charge in [0, 0.05) is 57.0 Å². The smallest absolute Gasteiger partial charge is 0.251 e. The molecule has 2 heterocycles. The highest BCUT2D eigenvalue weighted by Crippen LogP contribution is 2.19. The summed E-state index contributed by atoms with van der Waals surface area (Å²) in [7, 11) is -2.17. The van der Waals surface area contributed by atoms with Crippen LogP contribution in [0.25, 0.3) is 0 Å². The van der Waals surface area contributed by atoms with Crippen molar-refractivity contribution >= 4 is 21.8 Å². The lowest BCUT2D eigenvalue weighted by atomic mass is 10.2. The lowest BCUT2D eigenvalue weighted by Crippen LogP contribution is -2.49. The normalized spacial score (nSPS) is 14.9. The summed E-state index contributed by atoms with van der Waals surface area (Å²) in [4.78, 5) is 29.6. The van der Waals surface area contributed by atoms with Gasteiger partial charge >= 0.3 is 0 Å². The topological polar surface area (TPSA) is 109 Å². The van der Waals surface area contributed by atoms with E-state index in [2.05, 4.69) is 10.3 Å². The van der Waals surface area contributed by atoms with Gasteiger partial charge in [0.15, 0.2) is 0 Å². The third-order valence-electron chi connectivity index (χ3n) is 4.92. The molecule has 0 radical (unpaired) electrons. The fraction of sp³-hybridized carbons (Fsp3) is 0.350. The summed E-state index contributed by atoms with van der Waals surface area (Å²) >= 11 is 0. The summed E-state index contributed by atoms with van der Waals surface area (Å²) in [5.74, 6) is 0.0374. The maximum atomic E-state index is 12.8. The van der Waals surface area contributed by atoms with Crippen LogP contribution in [0.2, 0.25) is 0 Å². The Morgan fingerprint density at radius 2 is 1.77 bits per heavy atom. The zero-order valence-electron chi connectivity index (χ0n) is 16.9. The van der Waals surface area contributed by atoms with E-state index in [1.54, 1.807) is 23.2 Å². The minimum atomic E-state index is -3.68. The van der Waals surface area contributed by atoms with Gasteiger partial charge in [-0.25, -0.2) is 13.4 Å². The number of amides is 2. The Kier molecular flexibility index (Phi) is 6.68. The molecule has 0 unspecified atom stereocenters. The number of rotatable bonds is 6. The van der Waals surface area contributed by atoms with Crippen LogP contribution in [-0.2, 0) is 21.4 Å². The first-order valence-electron chi connectivity index (χ1n) is 9.44. The van der Waals surface area contributed by atoms with Gasteiger partial charge in [-0.2, -0.15) is 4.31 Å². The Labute approximate surface area is 175 Å². The van der Waals surface area contributed by atoms with Gasteiger partial charge < -0.3 is 15.0 Å². The predicted octanol–water partition coefficient (Wildman–Crippen LogP) is 0.873. The SMILES string of the molecule is COc1ncccc1CNC(=O)c1ccc(S(=O)(=O)N2CCN(C(C)=O)CC2)cc1. The second-order valence-electron chi connectivity index (χ2n) is 6.79. The summed E-state index contributed by atoms with van der Waals surface area (Å²) in [6.45, 7) is 2.93. The van der Waals surface area contributed by atoms with Gasteiger partial charge in [0.1, 0.15) is 0 Å². The molecule has 1 aromatic heterocycles. The highest BCUT2D eigenvalue weighted by molar-refractivity contribution is 7.89. The van der Waals surface area contributed by atoms with Gasteiger partial charge in [-0.1, -0.05) is 6.07 Å². The van der Waals surface area contributed by atoms with Crippen LogP contribution in [0.5, 0.6) is 5.88 Å². The molecule has 1 aliphatic heterocycles. The zero-order valence-corrected chi connectivity index (χ0v) is 17.7. The van der Waals surface area contributed by atoms with E-state index in [1.165, 1.54) is 42.6 Å². The van der Waals surface area contributed by atoms with Crippen LogP contribution in [-0.4, -0.2) is 67.7 Å². The van der Waals surface area contributed by atoms with Crippen LogP contribution < -0.4 is 10.1 Å². The molecule has 2 aromatic rings. The van der Waals surface area contributed by atoms with Crippen molar-refractivity contribution in [2.24, 2.45) is 0 Å². The molecule has 0 spiro atoms.